The number of anilines is 1. The van der Waals surface area contributed by atoms with Crippen molar-refractivity contribution >= 4 is 17.6 Å². The molecule has 2 rings (SSSR count). The van der Waals surface area contributed by atoms with Crippen LogP contribution < -0.4 is 20.7 Å². The normalized spacial score (nSPS) is 11.1. The van der Waals surface area contributed by atoms with Crippen LogP contribution in [0.1, 0.15) is 23.6 Å². The molecule has 6 heteroatoms. The summed E-state index contributed by atoms with van der Waals surface area (Å²) < 4.78 is 5.38. The van der Waals surface area contributed by atoms with E-state index in [1.807, 2.05) is 31.2 Å². The van der Waals surface area contributed by atoms with E-state index < -0.39 is 0 Å². The average Bonchev–Trinajstić information content (AvgIpc) is 2.69. The van der Waals surface area contributed by atoms with Gasteiger partial charge in [-0.15, -0.1) is 0 Å². The molecule has 0 aliphatic heterocycles. The average molecular weight is 383 g/mol. The highest BCUT2D eigenvalue weighted by Gasteiger charge is 2.02. The maximum Gasteiger partial charge on any atom is 0.221 e. The number of hydrogen-bond acceptors (Lipinski definition) is 3. The van der Waals surface area contributed by atoms with Crippen molar-refractivity contribution in [2.45, 2.75) is 26.7 Å². The number of rotatable bonds is 8. The van der Waals surface area contributed by atoms with E-state index in [4.69, 9.17) is 4.74 Å². The summed E-state index contributed by atoms with van der Waals surface area (Å²) in [4.78, 5) is 15.3. The summed E-state index contributed by atoms with van der Waals surface area (Å²) in [7, 11) is 3.47. The third kappa shape index (κ3) is 6.95. The largest absolute Gasteiger partial charge is 0.496 e. The van der Waals surface area contributed by atoms with Gasteiger partial charge in [-0.3, -0.25) is 9.79 Å². The van der Waals surface area contributed by atoms with Crippen LogP contribution in [0, 0.1) is 6.92 Å². The quantitative estimate of drug-likeness (QED) is 0.485. The third-order valence-electron chi connectivity index (χ3n) is 4.38. The lowest BCUT2D eigenvalue weighted by Crippen LogP contribution is -2.39. The molecular formula is C22H30N4O2. The van der Waals surface area contributed by atoms with Gasteiger partial charge in [0.05, 0.1) is 7.11 Å². The van der Waals surface area contributed by atoms with E-state index in [2.05, 4.69) is 39.1 Å². The van der Waals surface area contributed by atoms with Crippen molar-refractivity contribution in [3.63, 3.8) is 0 Å². The van der Waals surface area contributed by atoms with Crippen LogP contribution in [-0.4, -0.2) is 39.1 Å². The van der Waals surface area contributed by atoms with Crippen LogP contribution in [0.2, 0.25) is 0 Å². The fraction of sp³-hybridized carbons (Fsp3) is 0.364. The molecule has 150 valence electrons. The molecule has 0 aliphatic rings. The molecule has 0 aliphatic carbocycles. The van der Waals surface area contributed by atoms with Gasteiger partial charge in [-0.05, 0) is 54.7 Å². The molecule has 0 saturated heterocycles. The van der Waals surface area contributed by atoms with Crippen LogP contribution in [0.4, 0.5) is 5.69 Å². The molecule has 2 aromatic rings. The van der Waals surface area contributed by atoms with Gasteiger partial charge in [0.15, 0.2) is 5.96 Å². The topological polar surface area (TPSA) is 74.8 Å². The molecule has 6 nitrogen and oxygen atoms in total. The van der Waals surface area contributed by atoms with Crippen molar-refractivity contribution in [1.29, 1.82) is 0 Å². The summed E-state index contributed by atoms with van der Waals surface area (Å²) in [6.45, 7) is 5.11. The molecule has 0 radical (unpaired) electrons. The van der Waals surface area contributed by atoms with E-state index in [1.165, 1.54) is 18.1 Å². The van der Waals surface area contributed by atoms with Gasteiger partial charge in [0.25, 0.3) is 0 Å². The van der Waals surface area contributed by atoms with Gasteiger partial charge in [-0.1, -0.05) is 24.3 Å². The third-order valence-corrected chi connectivity index (χ3v) is 4.38. The maximum atomic E-state index is 11.1. The molecule has 0 aromatic heterocycles. The molecule has 0 fully saturated rings. The molecule has 3 N–H and O–H groups in total. The van der Waals surface area contributed by atoms with Crippen LogP contribution in [-0.2, 0) is 17.6 Å². The summed E-state index contributed by atoms with van der Waals surface area (Å²) in [6, 6.07) is 14.2. The Kier molecular flexibility index (Phi) is 8.34. The molecule has 0 atom stereocenters. The van der Waals surface area contributed by atoms with Gasteiger partial charge >= 0.3 is 0 Å². The lowest BCUT2D eigenvalue weighted by molar-refractivity contribution is -0.114. The van der Waals surface area contributed by atoms with E-state index in [0.29, 0.717) is 0 Å². The highest BCUT2D eigenvalue weighted by atomic mass is 16.5. The number of nitrogens with one attached hydrogen (secondary N) is 3. The predicted octanol–water partition coefficient (Wildman–Crippen LogP) is 2.91. The fourth-order valence-electron chi connectivity index (χ4n) is 2.85. The lowest BCUT2D eigenvalue weighted by Gasteiger charge is -2.13. The van der Waals surface area contributed by atoms with Gasteiger partial charge in [0.1, 0.15) is 5.75 Å². The van der Waals surface area contributed by atoms with E-state index >= 15 is 0 Å². The molecule has 0 unspecified atom stereocenters. The number of aryl methyl sites for hydroxylation is 1. The van der Waals surface area contributed by atoms with Crippen molar-refractivity contribution in [3.05, 3.63) is 59.2 Å². The van der Waals surface area contributed by atoms with Crippen LogP contribution >= 0.6 is 0 Å². The van der Waals surface area contributed by atoms with E-state index in [9.17, 15) is 4.79 Å². The Labute approximate surface area is 167 Å². The first-order valence-electron chi connectivity index (χ1n) is 9.46. The standard InChI is InChI=1S/C22H30N4O2/c1-16-5-6-19(15-21(16)28-4)12-14-25-22(23-3)24-13-11-18-7-9-20(10-8-18)26-17(2)27/h5-10,15H,11-14H2,1-4H3,(H,26,27)(H2,23,24,25). The number of carbonyl (C=O) groups excluding carboxylic acids is 1. The summed E-state index contributed by atoms with van der Waals surface area (Å²) in [5.74, 6) is 1.65. The highest BCUT2D eigenvalue weighted by molar-refractivity contribution is 5.88. The summed E-state index contributed by atoms with van der Waals surface area (Å²) in [5.41, 5.74) is 4.38. The SMILES string of the molecule is CN=C(NCCc1ccc(NC(C)=O)cc1)NCCc1ccc(C)c(OC)c1. The second-order valence-electron chi connectivity index (χ2n) is 6.61. The number of nitrogens with zero attached hydrogens (tertiary/aromatic N) is 1. The zero-order valence-electron chi connectivity index (χ0n) is 17.1. The zero-order valence-corrected chi connectivity index (χ0v) is 17.1. The number of guanidine groups is 1. The van der Waals surface area contributed by atoms with Crippen molar-refractivity contribution in [1.82, 2.24) is 10.6 Å². The van der Waals surface area contributed by atoms with E-state index in [1.54, 1.807) is 14.2 Å². The minimum Gasteiger partial charge on any atom is -0.496 e. The lowest BCUT2D eigenvalue weighted by atomic mass is 10.1. The van der Waals surface area contributed by atoms with Crippen LogP contribution in [0.3, 0.4) is 0 Å². The van der Waals surface area contributed by atoms with Gasteiger partial charge in [-0.2, -0.15) is 0 Å². The number of benzene rings is 2. The monoisotopic (exact) mass is 382 g/mol. The first-order valence-corrected chi connectivity index (χ1v) is 9.46. The number of amides is 1. The second-order valence-corrected chi connectivity index (χ2v) is 6.61. The van der Waals surface area contributed by atoms with Crippen molar-refractivity contribution in [2.24, 2.45) is 4.99 Å². The minimum absolute atomic E-state index is 0.0617. The molecule has 0 heterocycles. The highest BCUT2D eigenvalue weighted by Crippen LogP contribution is 2.19. The Bertz CT molecular complexity index is 801. The molecule has 0 spiro atoms. The second kappa shape index (κ2) is 11.0. The Morgan fingerprint density at radius 2 is 1.61 bits per heavy atom. The van der Waals surface area contributed by atoms with Gasteiger partial charge in [0.2, 0.25) is 5.91 Å². The molecule has 0 bridgehead atoms. The molecule has 28 heavy (non-hydrogen) atoms. The van der Waals surface area contributed by atoms with Gasteiger partial charge < -0.3 is 20.7 Å². The maximum absolute atomic E-state index is 11.1. The van der Waals surface area contributed by atoms with Crippen LogP contribution in [0.15, 0.2) is 47.5 Å². The minimum atomic E-state index is -0.0617. The Balaban J connectivity index is 1.73. The Morgan fingerprint density at radius 3 is 2.18 bits per heavy atom. The van der Waals surface area contributed by atoms with Crippen molar-refractivity contribution < 1.29 is 9.53 Å². The zero-order chi connectivity index (χ0) is 20.4. The van der Waals surface area contributed by atoms with Crippen molar-refractivity contribution in [2.75, 3.05) is 32.6 Å². The number of hydrogen-bond donors (Lipinski definition) is 3. The van der Waals surface area contributed by atoms with Gasteiger partial charge in [0, 0.05) is 32.7 Å². The first-order chi connectivity index (χ1) is 13.5. The Hall–Kier alpha value is -3.02. The predicted molar refractivity (Wildman–Crippen MR) is 115 cm³/mol. The summed E-state index contributed by atoms with van der Waals surface area (Å²) in [5, 5.41) is 9.44. The number of methoxy groups -OCH3 is 1. The first kappa shape index (κ1) is 21.3. The number of aliphatic imine (C=N–C) groups is 1. The van der Waals surface area contributed by atoms with E-state index in [-0.39, 0.29) is 5.91 Å². The summed E-state index contributed by atoms with van der Waals surface area (Å²) >= 11 is 0. The number of carbonyl (C=O) groups is 1. The number of ether oxygens (including phenoxy) is 1. The molecular weight excluding hydrogens is 352 g/mol. The smallest absolute Gasteiger partial charge is 0.221 e. The van der Waals surface area contributed by atoms with Crippen molar-refractivity contribution in [3.8, 4) is 5.75 Å². The van der Waals surface area contributed by atoms with Crippen LogP contribution in [0.25, 0.3) is 0 Å². The summed E-state index contributed by atoms with van der Waals surface area (Å²) in [6.07, 6.45) is 1.76. The van der Waals surface area contributed by atoms with Crippen LogP contribution in [0.5, 0.6) is 5.75 Å². The Morgan fingerprint density at radius 1 is 1.00 bits per heavy atom. The van der Waals surface area contributed by atoms with E-state index in [0.717, 1.165) is 48.9 Å². The van der Waals surface area contributed by atoms with Gasteiger partial charge in [-0.25, -0.2) is 0 Å². The molecule has 0 saturated carbocycles. The fourth-order valence-corrected chi connectivity index (χ4v) is 2.85. The molecule has 2 aromatic carbocycles. The molecule has 1 amide bonds.